The fourth-order valence-corrected chi connectivity index (χ4v) is 2.44. The van der Waals surface area contributed by atoms with Crippen LogP contribution in [0, 0.1) is 5.82 Å². The van der Waals surface area contributed by atoms with E-state index in [0.29, 0.717) is 12.1 Å². The molecule has 9 heteroatoms. The summed E-state index contributed by atoms with van der Waals surface area (Å²) < 4.78 is 16.6. The monoisotopic (exact) mass is 348 g/mol. The van der Waals surface area contributed by atoms with Gasteiger partial charge >= 0.3 is 0 Å². The van der Waals surface area contributed by atoms with Crippen molar-refractivity contribution in [3.05, 3.63) is 58.9 Å². The van der Waals surface area contributed by atoms with Crippen molar-refractivity contribution in [2.24, 2.45) is 0 Å². The quantitative estimate of drug-likeness (QED) is 0.768. The number of halogens is 2. The molecular formula is C15H14ClFN6O. The van der Waals surface area contributed by atoms with Crippen LogP contribution in [0.3, 0.4) is 0 Å². The molecule has 124 valence electrons. The minimum atomic E-state index is -0.456. The van der Waals surface area contributed by atoms with Crippen molar-refractivity contribution in [1.29, 1.82) is 0 Å². The Kier molecular flexibility index (Phi) is 4.57. The number of nitrogens with zero attached hydrogens (tertiary/aromatic N) is 5. The summed E-state index contributed by atoms with van der Waals surface area (Å²) in [5.41, 5.74) is 0.719. The number of amides is 1. The Morgan fingerprint density at radius 1 is 1.38 bits per heavy atom. The van der Waals surface area contributed by atoms with Gasteiger partial charge in [-0.2, -0.15) is 5.10 Å². The smallest absolute Gasteiger partial charge is 0.277 e. The molecule has 0 unspecified atom stereocenters. The Morgan fingerprint density at radius 2 is 2.17 bits per heavy atom. The van der Waals surface area contributed by atoms with Gasteiger partial charge in [-0.15, -0.1) is 5.10 Å². The van der Waals surface area contributed by atoms with E-state index in [2.05, 4.69) is 20.5 Å². The Hall–Kier alpha value is -2.74. The van der Waals surface area contributed by atoms with Gasteiger partial charge in [0.25, 0.3) is 5.91 Å². The molecule has 0 aliphatic carbocycles. The number of hydrogen-bond donors (Lipinski definition) is 1. The number of aryl methyl sites for hydroxylation is 1. The summed E-state index contributed by atoms with van der Waals surface area (Å²) in [6.07, 6.45) is 2.82. The number of rotatable bonds is 5. The van der Waals surface area contributed by atoms with Crippen LogP contribution in [-0.2, 0) is 13.1 Å². The first-order valence-corrected chi connectivity index (χ1v) is 7.61. The maximum atomic E-state index is 13.7. The molecule has 3 aromatic rings. The highest BCUT2D eigenvalue weighted by atomic mass is 35.5. The van der Waals surface area contributed by atoms with E-state index in [4.69, 9.17) is 11.6 Å². The number of nitrogens with one attached hydrogen (secondary N) is 1. The molecule has 1 N–H and O–H groups in total. The number of hydrogen-bond acceptors (Lipinski definition) is 4. The summed E-state index contributed by atoms with van der Waals surface area (Å²) in [5.74, 6) is -0.670. The highest BCUT2D eigenvalue weighted by Crippen LogP contribution is 2.16. The van der Waals surface area contributed by atoms with Gasteiger partial charge in [0.15, 0.2) is 0 Å². The number of carbonyl (C=O) groups excluding carboxylic acids is 1. The zero-order valence-corrected chi connectivity index (χ0v) is 13.5. The topological polar surface area (TPSA) is 77.6 Å². The summed E-state index contributed by atoms with van der Waals surface area (Å²) >= 11 is 5.98. The molecule has 3 rings (SSSR count). The molecule has 7 nitrogen and oxygen atoms in total. The van der Waals surface area contributed by atoms with E-state index in [9.17, 15) is 9.18 Å². The summed E-state index contributed by atoms with van der Waals surface area (Å²) in [7, 11) is 0. The van der Waals surface area contributed by atoms with Crippen molar-refractivity contribution in [3.63, 3.8) is 0 Å². The lowest BCUT2D eigenvalue weighted by Gasteiger charge is -2.04. The molecule has 1 aromatic carbocycles. The molecule has 0 atom stereocenters. The molecule has 2 aromatic heterocycles. The first-order chi connectivity index (χ1) is 11.6. The lowest BCUT2D eigenvalue weighted by molar-refractivity contribution is 0.101. The normalized spacial score (nSPS) is 10.8. The Balaban J connectivity index is 1.73. The van der Waals surface area contributed by atoms with Crippen LogP contribution in [0.1, 0.15) is 23.0 Å². The van der Waals surface area contributed by atoms with Crippen molar-refractivity contribution < 1.29 is 9.18 Å². The van der Waals surface area contributed by atoms with Crippen LogP contribution in [0.2, 0.25) is 5.02 Å². The van der Waals surface area contributed by atoms with Crippen LogP contribution in [-0.4, -0.2) is 30.5 Å². The first-order valence-electron chi connectivity index (χ1n) is 7.24. The lowest BCUT2D eigenvalue weighted by Crippen LogP contribution is -2.18. The third-order valence-corrected chi connectivity index (χ3v) is 3.64. The number of anilines is 1. The third kappa shape index (κ3) is 3.28. The van der Waals surface area contributed by atoms with E-state index in [1.54, 1.807) is 18.2 Å². The van der Waals surface area contributed by atoms with E-state index in [0.717, 1.165) is 0 Å². The van der Waals surface area contributed by atoms with E-state index in [1.807, 2.05) is 6.92 Å². The molecular weight excluding hydrogens is 335 g/mol. The molecule has 24 heavy (non-hydrogen) atoms. The standard InChI is InChI=1S/C15H14ClFN6O/c1-2-23-13(11(16)7-19-23)14(24)20-15-18-9-22(21-15)8-10-5-3-4-6-12(10)17/h3-7,9H,2,8H2,1H3,(H,20,21,24). The molecule has 0 spiro atoms. The van der Waals surface area contributed by atoms with Crippen molar-refractivity contribution in [3.8, 4) is 0 Å². The van der Waals surface area contributed by atoms with Crippen LogP contribution in [0.15, 0.2) is 36.8 Å². The maximum Gasteiger partial charge on any atom is 0.277 e. The second-order valence-corrected chi connectivity index (χ2v) is 5.38. The third-order valence-electron chi connectivity index (χ3n) is 3.36. The van der Waals surface area contributed by atoms with Crippen LogP contribution in [0.4, 0.5) is 10.3 Å². The predicted octanol–water partition coefficient (Wildman–Crippen LogP) is 2.59. The van der Waals surface area contributed by atoms with Gasteiger partial charge in [-0.25, -0.2) is 14.1 Å². The largest absolute Gasteiger partial charge is 0.288 e. The average Bonchev–Trinajstić information content (AvgIpc) is 3.15. The van der Waals surface area contributed by atoms with Gasteiger partial charge in [0.2, 0.25) is 5.95 Å². The van der Waals surface area contributed by atoms with Crippen molar-refractivity contribution in [1.82, 2.24) is 24.5 Å². The minimum Gasteiger partial charge on any atom is -0.288 e. The van der Waals surface area contributed by atoms with E-state index >= 15 is 0 Å². The number of benzene rings is 1. The molecule has 0 fully saturated rings. The molecule has 0 radical (unpaired) electrons. The predicted molar refractivity (Wildman–Crippen MR) is 86.4 cm³/mol. The highest BCUT2D eigenvalue weighted by Gasteiger charge is 2.18. The van der Waals surface area contributed by atoms with Crippen LogP contribution in [0.5, 0.6) is 0 Å². The van der Waals surface area contributed by atoms with Gasteiger partial charge in [0.1, 0.15) is 17.8 Å². The zero-order valence-electron chi connectivity index (χ0n) is 12.8. The van der Waals surface area contributed by atoms with Crippen molar-refractivity contribution in [2.75, 3.05) is 5.32 Å². The minimum absolute atomic E-state index is 0.108. The molecule has 0 saturated carbocycles. The van der Waals surface area contributed by atoms with Gasteiger partial charge in [-0.05, 0) is 13.0 Å². The van der Waals surface area contributed by atoms with Crippen molar-refractivity contribution in [2.45, 2.75) is 20.0 Å². The maximum absolute atomic E-state index is 13.7. The van der Waals surface area contributed by atoms with Crippen LogP contribution in [0.25, 0.3) is 0 Å². The Bertz CT molecular complexity index is 874. The van der Waals surface area contributed by atoms with Gasteiger partial charge < -0.3 is 0 Å². The summed E-state index contributed by atoms with van der Waals surface area (Å²) in [6, 6.07) is 6.40. The van der Waals surface area contributed by atoms with Crippen LogP contribution >= 0.6 is 11.6 Å². The van der Waals surface area contributed by atoms with Gasteiger partial charge in [-0.1, -0.05) is 29.8 Å². The molecule has 0 aliphatic rings. The van der Waals surface area contributed by atoms with E-state index < -0.39 is 5.91 Å². The van der Waals surface area contributed by atoms with E-state index in [-0.39, 0.29) is 29.0 Å². The average molecular weight is 349 g/mol. The second-order valence-electron chi connectivity index (χ2n) is 4.97. The molecule has 0 saturated heterocycles. The SMILES string of the molecule is CCn1ncc(Cl)c1C(=O)Nc1ncn(Cc2ccccc2F)n1. The fourth-order valence-electron chi connectivity index (χ4n) is 2.22. The van der Waals surface area contributed by atoms with Gasteiger partial charge in [-0.3, -0.25) is 14.8 Å². The van der Waals surface area contributed by atoms with Gasteiger partial charge in [0.05, 0.1) is 17.8 Å². The lowest BCUT2D eigenvalue weighted by atomic mass is 10.2. The molecule has 1 amide bonds. The first kappa shape index (κ1) is 16.1. The second kappa shape index (κ2) is 6.79. The summed E-state index contributed by atoms with van der Waals surface area (Å²) in [4.78, 5) is 16.3. The number of aromatic nitrogens is 5. The Labute approximate surface area is 142 Å². The van der Waals surface area contributed by atoms with E-state index in [1.165, 1.54) is 28.0 Å². The molecule has 2 heterocycles. The van der Waals surface area contributed by atoms with Crippen molar-refractivity contribution >= 4 is 23.5 Å². The van der Waals surface area contributed by atoms with Crippen LogP contribution < -0.4 is 5.32 Å². The molecule has 0 bridgehead atoms. The summed E-state index contributed by atoms with van der Waals surface area (Å²) in [5, 5.41) is 10.9. The highest BCUT2D eigenvalue weighted by molar-refractivity contribution is 6.34. The zero-order chi connectivity index (χ0) is 17.1. The summed E-state index contributed by atoms with van der Waals surface area (Å²) in [6.45, 7) is 2.56. The van der Waals surface area contributed by atoms with Gasteiger partial charge in [0, 0.05) is 12.1 Å². The number of carbonyl (C=O) groups is 1. The molecule has 0 aliphatic heterocycles. The Morgan fingerprint density at radius 3 is 2.92 bits per heavy atom. The fraction of sp³-hybridized carbons (Fsp3) is 0.200.